The van der Waals surface area contributed by atoms with E-state index in [-0.39, 0.29) is 5.92 Å². The molecule has 1 fully saturated rings. The molecule has 2 rings (SSSR count). The largest absolute Gasteiger partial charge is 0.466 e. The van der Waals surface area contributed by atoms with Gasteiger partial charge < -0.3 is 14.2 Å². The van der Waals surface area contributed by atoms with Gasteiger partial charge >= 0.3 is 11.9 Å². The summed E-state index contributed by atoms with van der Waals surface area (Å²) in [5.74, 6) is -1.19. The van der Waals surface area contributed by atoms with Crippen LogP contribution >= 0.6 is 0 Å². The second-order valence-corrected chi connectivity index (χ2v) is 3.57. The Morgan fingerprint density at radius 1 is 1.62 bits per heavy atom. The average molecular weight is 224 g/mol. The minimum atomic E-state index is -0.588. The molecule has 2 atom stereocenters. The van der Waals surface area contributed by atoms with Crippen molar-refractivity contribution in [3.63, 3.8) is 0 Å². The summed E-state index contributed by atoms with van der Waals surface area (Å²) < 4.78 is 14.8. The molecule has 0 N–H and O–H groups in total. The third-order valence-corrected chi connectivity index (χ3v) is 2.73. The van der Waals surface area contributed by atoms with Gasteiger partial charge in [-0.1, -0.05) is 6.08 Å². The molecule has 1 saturated heterocycles. The van der Waals surface area contributed by atoms with Crippen molar-refractivity contribution in [2.45, 2.75) is 19.6 Å². The lowest BCUT2D eigenvalue weighted by Crippen LogP contribution is -2.38. The molecular formula is C11H12O5. The van der Waals surface area contributed by atoms with E-state index in [0.29, 0.717) is 17.6 Å². The van der Waals surface area contributed by atoms with E-state index in [2.05, 4.69) is 4.74 Å². The highest BCUT2D eigenvalue weighted by molar-refractivity contribution is 5.96. The summed E-state index contributed by atoms with van der Waals surface area (Å²) in [7, 11) is 1.30. The number of allylic oxidation sites excluding steroid dienone is 1. The predicted molar refractivity (Wildman–Crippen MR) is 52.9 cm³/mol. The Balaban J connectivity index is 2.36. The third-order valence-electron chi connectivity index (χ3n) is 2.73. The van der Waals surface area contributed by atoms with Crippen molar-refractivity contribution in [2.24, 2.45) is 5.92 Å². The molecule has 16 heavy (non-hydrogen) atoms. The van der Waals surface area contributed by atoms with Gasteiger partial charge in [0, 0.05) is 17.9 Å². The summed E-state index contributed by atoms with van der Waals surface area (Å²) >= 11 is 0. The Kier molecular flexibility index (Phi) is 2.68. The molecule has 0 spiro atoms. The molecule has 0 amide bonds. The van der Waals surface area contributed by atoms with E-state index < -0.39 is 18.2 Å². The van der Waals surface area contributed by atoms with Crippen molar-refractivity contribution in [1.82, 2.24) is 0 Å². The van der Waals surface area contributed by atoms with Gasteiger partial charge in [0.25, 0.3) is 0 Å². The normalized spacial score (nSPS) is 30.2. The lowest BCUT2D eigenvalue weighted by Gasteiger charge is -2.34. The highest BCUT2D eigenvalue weighted by Crippen LogP contribution is 2.36. The van der Waals surface area contributed by atoms with E-state index >= 15 is 0 Å². The van der Waals surface area contributed by atoms with Gasteiger partial charge in [0.1, 0.15) is 0 Å². The first-order valence-electron chi connectivity index (χ1n) is 4.98. The minimum Gasteiger partial charge on any atom is -0.466 e. The highest BCUT2D eigenvalue weighted by Gasteiger charge is 2.41. The van der Waals surface area contributed by atoms with Gasteiger partial charge in [0.05, 0.1) is 18.9 Å². The Morgan fingerprint density at radius 3 is 3.00 bits per heavy atom. The predicted octanol–water partition coefficient (Wildman–Crippen LogP) is 0.909. The van der Waals surface area contributed by atoms with Crippen LogP contribution in [0.1, 0.15) is 13.3 Å². The molecule has 0 radical (unpaired) electrons. The molecule has 0 aromatic carbocycles. The molecule has 2 aliphatic rings. The molecule has 0 unspecified atom stereocenters. The average Bonchev–Trinajstić information content (AvgIpc) is 2.28. The lowest BCUT2D eigenvalue weighted by molar-refractivity contribution is -0.177. The topological polar surface area (TPSA) is 61.8 Å². The van der Waals surface area contributed by atoms with Crippen LogP contribution in [-0.2, 0) is 23.8 Å². The summed E-state index contributed by atoms with van der Waals surface area (Å²) in [5.41, 5.74) is 0.847. The molecule has 0 saturated carbocycles. The minimum absolute atomic E-state index is 0.280. The quantitative estimate of drug-likeness (QED) is 0.489. The van der Waals surface area contributed by atoms with Crippen LogP contribution < -0.4 is 0 Å². The zero-order chi connectivity index (χ0) is 11.7. The Bertz CT molecular complexity index is 393. The molecule has 2 bridgehead atoms. The van der Waals surface area contributed by atoms with Crippen molar-refractivity contribution in [3.05, 3.63) is 23.5 Å². The number of methoxy groups -OCH3 is 1. The Labute approximate surface area is 92.7 Å². The number of fused-ring (bicyclic) bond motifs is 2. The van der Waals surface area contributed by atoms with E-state index in [1.165, 1.54) is 13.4 Å². The van der Waals surface area contributed by atoms with Crippen molar-refractivity contribution in [2.75, 3.05) is 7.11 Å². The van der Waals surface area contributed by atoms with Crippen molar-refractivity contribution < 1.29 is 23.8 Å². The standard InChI is InChI=1S/C11H12O5/c1-3-6-7-4-9(16-11(6)13)15-5-8(7)10(12)14-2/h3,5,7,9H,4H2,1-2H3/b6-3-/t7-,9-/m1/s1. The van der Waals surface area contributed by atoms with Gasteiger partial charge in [-0.15, -0.1) is 0 Å². The zero-order valence-electron chi connectivity index (χ0n) is 9.06. The van der Waals surface area contributed by atoms with Gasteiger partial charge in [-0.3, -0.25) is 0 Å². The van der Waals surface area contributed by atoms with Crippen molar-refractivity contribution >= 4 is 11.9 Å². The van der Waals surface area contributed by atoms with Gasteiger partial charge in [-0.05, 0) is 6.92 Å². The fraction of sp³-hybridized carbons (Fsp3) is 0.455. The highest BCUT2D eigenvalue weighted by atomic mass is 16.7. The summed E-state index contributed by atoms with van der Waals surface area (Å²) in [5, 5.41) is 0. The van der Waals surface area contributed by atoms with Crippen molar-refractivity contribution in [3.8, 4) is 0 Å². The van der Waals surface area contributed by atoms with Gasteiger partial charge in [0.15, 0.2) is 0 Å². The maximum Gasteiger partial charge on any atom is 0.337 e. The summed E-state index contributed by atoms with van der Waals surface area (Å²) in [6.07, 6.45) is 2.85. The van der Waals surface area contributed by atoms with Crippen LogP contribution in [0.4, 0.5) is 0 Å². The Morgan fingerprint density at radius 2 is 2.38 bits per heavy atom. The monoisotopic (exact) mass is 224 g/mol. The molecule has 0 aliphatic carbocycles. The molecule has 2 heterocycles. The van der Waals surface area contributed by atoms with Gasteiger partial charge in [-0.2, -0.15) is 0 Å². The molecule has 5 heteroatoms. The maximum absolute atomic E-state index is 11.5. The smallest absolute Gasteiger partial charge is 0.337 e. The summed E-state index contributed by atoms with van der Waals surface area (Å²) in [6.45, 7) is 1.74. The second kappa shape index (κ2) is 4.00. The molecule has 86 valence electrons. The molecular weight excluding hydrogens is 212 g/mol. The molecule has 5 nitrogen and oxygen atoms in total. The number of hydrogen-bond donors (Lipinski definition) is 0. The number of carbonyl (C=O) groups is 2. The van der Waals surface area contributed by atoms with E-state index in [9.17, 15) is 9.59 Å². The Hall–Kier alpha value is -1.78. The van der Waals surface area contributed by atoms with Gasteiger partial charge in [0.2, 0.25) is 6.29 Å². The molecule has 0 aromatic rings. The van der Waals surface area contributed by atoms with Crippen LogP contribution in [-0.4, -0.2) is 25.3 Å². The van der Waals surface area contributed by atoms with Crippen molar-refractivity contribution in [1.29, 1.82) is 0 Å². The van der Waals surface area contributed by atoms with Crippen LogP contribution in [0.2, 0.25) is 0 Å². The molecule has 0 aromatic heterocycles. The van der Waals surface area contributed by atoms with E-state index in [4.69, 9.17) is 9.47 Å². The van der Waals surface area contributed by atoms with E-state index in [0.717, 1.165) is 0 Å². The fourth-order valence-electron chi connectivity index (χ4n) is 1.93. The SMILES string of the molecule is C/C=C1\C(=O)O[C@@H]2C[C@H]1C(C(=O)OC)=CO2. The number of rotatable bonds is 1. The first-order valence-corrected chi connectivity index (χ1v) is 4.98. The van der Waals surface area contributed by atoms with Crippen LogP contribution in [0.15, 0.2) is 23.5 Å². The molecule has 2 aliphatic heterocycles. The lowest BCUT2D eigenvalue weighted by atomic mass is 9.85. The van der Waals surface area contributed by atoms with Crippen LogP contribution in [0, 0.1) is 5.92 Å². The van der Waals surface area contributed by atoms with Crippen LogP contribution in [0.5, 0.6) is 0 Å². The number of esters is 2. The number of ether oxygens (including phenoxy) is 3. The van der Waals surface area contributed by atoms with Gasteiger partial charge in [-0.25, -0.2) is 9.59 Å². The first kappa shape index (κ1) is 10.7. The van der Waals surface area contributed by atoms with Crippen LogP contribution in [0.25, 0.3) is 0 Å². The number of carbonyl (C=O) groups excluding carboxylic acids is 2. The fourth-order valence-corrected chi connectivity index (χ4v) is 1.93. The summed E-state index contributed by atoms with van der Waals surface area (Å²) in [6, 6.07) is 0. The van der Waals surface area contributed by atoms with E-state index in [1.54, 1.807) is 13.0 Å². The first-order chi connectivity index (χ1) is 7.67. The van der Waals surface area contributed by atoms with Crippen LogP contribution in [0.3, 0.4) is 0 Å². The maximum atomic E-state index is 11.5. The second-order valence-electron chi connectivity index (χ2n) is 3.57. The summed E-state index contributed by atoms with van der Waals surface area (Å²) in [4.78, 5) is 23.0. The number of hydrogen-bond acceptors (Lipinski definition) is 5. The zero-order valence-corrected chi connectivity index (χ0v) is 9.06. The van der Waals surface area contributed by atoms with E-state index in [1.807, 2.05) is 0 Å². The third kappa shape index (κ3) is 1.58.